The van der Waals surface area contributed by atoms with Crippen LogP contribution in [0.5, 0.6) is 0 Å². The molecule has 0 aliphatic rings. The first kappa shape index (κ1) is 16.2. The van der Waals surface area contributed by atoms with E-state index in [0.29, 0.717) is 10.4 Å². The molecule has 4 rings (SSSR count). The van der Waals surface area contributed by atoms with Gasteiger partial charge in [-0.15, -0.1) is 11.3 Å². The zero-order chi connectivity index (χ0) is 16.7. The van der Waals surface area contributed by atoms with Crippen molar-refractivity contribution in [3.05, 3.63) is 80.4 Å². The standard InChI is InChI=1S/C19H10BrClOS2/c20-11-5-7-12(8-6-11)23-16-10-9-14-18(22)13-3-1-2-4-15(13)24-19(14)17(16)21/h1-10H. The Balaban J connectivity index is 1.89. The summed E-state index contributed by atoms with van der Waals surface area (Å²) >= 11 is 13.2. The van der Waals surface area contributed by atoms with Gasteiger partial charge in [0.05, 0.1) is 9.72 Å². The van der Waals surface area contributed by atoms with Gasteiger partial charge in [-0.25, -0.2) is 0 Å². The van der Waals surface area contributed by atoms with Crippen molar-refractivity contribution in [1.82, 2.24) is 0 Å². The maximum absolute atomic E-state index is 12.7. The van der Waals surface area contributed by atoms with Crippen LogP contribution in [0.2, 0.25) is 5.02 Å². The van der Waals surface area contributed by atoms with Crippen LogP contribution in [0.4, 0.5) is 0 Å². The van der Waals surface area contributed by atoms with Gasteiger partial charge < -0.3 is 0 Å². The Morgan fingerprint density at radius 3 is 2.46 bits per heavy atom. The zero-order valence-electron chi connectivity index (χ0n) is 12.3. The first-order valence-corrected chi connectivity index (χ1v) is 10.0. The molecular formula is C19H10BrClOS2. The number of fused-ring (bicyclic) bond motifs is 2. The van der Waals surface area contributed by atoms with Gasteiger partial charge in [0, 0.05) is 29.7 Å². The van der Waals surface area contributed by atoms with Gasteiger partial charge in [-0.05, 0) is 48.5 Å². The lowest BCUT2D eigenvalue weighted by molar-refractivity contribution is 1.41. The molecule has 1 nitrogen and oxygen atoms in total. The van der Waals surface area contributed by atoms with Crippen molar-refractivity contribution in [2.75, 3.05) is 0 Å². The van der Waals surface area contributed by atoms with E-state index in [2.05, 4.69) is 15.9 Å². The zero-order valence-corrected chi connectivity index (χ0v) is 16.2. The second-order valence-electron chi connectivity index (χ2n) is 5.24. The highest BCUT2D eigenvalue weighted by Crippen LogP contribution is 2.39. The Morgan fingerprint density at radius 2 is 1.67 bits per heavy atom. The van der Waals surface area contributed by atoms with Crippen LogP contribution in [0.25, 0.3) is 20.2 Å². The summed E-state index contributed by atoms with van der Waals surface area (Å²) in [5, 5.41) is 2.08. The highest BCUT2D eigenvalue weighted by molar-refractivity contribution is 9.10. The smallest absolute Gasteiger partial charge is 0.195 e. The molecule has 0 radical (unpaired) electrons. The first-order valence-electron chi connectivity index (χ1n) is 7.21. The maximum atomic E-state index is 12.7. The normalized spacial score (nSPS) is 11.2. The van der Waals surface area contributed by atoms with Crippen LogP contribution >= 0.6 is 50.6 Å². The monoisotopic (exact) mass is 432 g/mol. The molecule has 1 aromatic heterocycles. The molecule has 0 saturated carbocycles. The van der Waals surface area contributed by atoms with Crippen molar-refractivity contribution < 1.29 is 0 Å². The van der Waals surface area contributed by atoms with E-state index in [4.69, 9.17) is 11.6 Å². The van der Waals surface area contributed by atoms with E-state index >= 15 is 0 Å². The quantitative estimate of drug-likeness (QED) is 0.317. The Labute approximate surface area is 160 Å². The van der Waals surface area contributed by atoms with Gasteiger partial charge in [0.15, 0.2) is 5.43 Å². The minimum absolute atomic E-state index is 0.0430. The molecule has 0 atom stereocenters. The molecule has 0 saturated heterocycles. The Kier molecular flexibility index (Phi) is 4.39. The second-order valence-corrected chi connectivity index (χ2v) is 8.70. The number of rotatable bonds is 2. The van der Waals surface area contributed by atoms with Crippen molar-refractivity contribution in [2.45, 2.75) is 9.79 Å². The lowest BCUT2D eigenvalue weighted by atomic mass is 10.2. The molecule has 0 aliphatic heterocycles. The summed E-state index contributed by atoms with van der Waals surface area (Å²) in [6.45, 7) is 0. The predicted octanol–water partition coefficient (Wildman–Crippen LogP) is 6.98. The Morgan fingerprint density at radius 1 is 0.917 bits per heavy atom. The van der Waals surface area contributed by atoms with Gasteiger partial charge in [0.2, 0.25) is 0 Å². The summed E-state index contributed by atoms with van der Waals surface area (Å²) in [5.74, 6) is 0. The van der Waals surface area contributed by atoms with Crippen molar-refractivity contribution in [1.29, 1.82) is 0 Å². The number of hydrogen-bond donors (Lipinski definition) is 0. The fourth-order valence-electron chi connectivity index (χ4n) is 2.52. The molecule has 0 spiro atoms. The molecule has 4 aromatic rings. The summed E-state index contributed by atoms with van der Waals surface area (Å²) in [7, 11) is 0. The van der Waals surface area contributed by atoms with Gasteiger partial charge in [0.1, 0.15) is 0 Å². The second kappa shape index (κ2) is 6.52. The summed E-state index contributed by atoms with van der Waals surface area (Å²) in [5.41, 5.74) is 0.0430. The van der Waals surface area contributed by atoms with Gasteiger partial charge in [-0.2, -0.15) is 0 Å². The molecule has 0 unspecified atom stereocenters. The summed E-state index contributed by atoms with van der Waals surface area (Å²) in [6, 6.07) is 19.6. The van der Waals surface area contributed by atoms with Crippen molar-refractivity contribution in [3.8, 4) is 0 Å². The molecule has 24 heavy (non-hydrogen) atoms. The van der Waals surface area contributed by atoms with Crippen molar-refractivity contribution in [3.63, 3.8) is 0 Å². The average molecular weight is 434 g/mol. The van der Waals surface area contributed by atoms with E-state index in [-0.39, 0.29) is 5.43 Å². The predicted molar refractivity (Wildman–Crippen MR) is 109 cm³/mol. The lowest BCUT2D eigenvalue weighted by Crippen LogP contribution is -2.01. The van der Waals surface area contributed by atoms with E-state index in [1.54, 1.807) is 23.1 Å². The molecule has 0 N–H and O–H groups in total. The maximum Gasteiger partial charge on any atom is 0.195 e. The van der Waals surface area contributed by atoms with E-state index in [0.717, 1.165) is 29.0 Å². The van der Waals surface area contributed by atoms with Crippen LogP contribution in [0.1, 0.15) is 0 Å². The van der Waals surface area contributed by atoms with E-state index in [9.17, 15) is 4.79 Å². The van der Waals surface area contributed by atoms with Crippen LogP contribution in [-0.4, -0.2) is 0 Å². The lowest BCUT2D eigenvalue weighted by Gasteiger charge is -2.08. The van der Waals surface area contributed by atoms with Gasteiger partial charge in [-0.1, -0.05) is 51.4 Å². The number of benzene rings is 3. The number of hydrogen-bond acceptors (Lipinski definition) is 3. The molecular weight excluding hydrogens is 424 g/mol. The van der Waals surface area contributed by atoms with Crippen molar-refractivity contribution >= 4 is 70.8 Å². The highest BCUT2D eigenvalue weighted by atomic mass is 79.9. The van der Waals surface area contributed by atoms with Crippen LogP contribution < -0.4 is 5.43 Å². The molecule has 0 bridgehead atoms. The summed E-state index contributed by atoms with van der Waals surface area (Å²) < 4.78 is 2.85. The van der Waals surface area contributed by atoms with Crippen LogP contribution in [0, 0.1) is 0 Å². The third kappa shape index (κ3) is 2.88. The average Bonchev–Trinajstić information content (AvgIpc) is 2.60. The number of halogens is 2. The minimum Gasteiger partial charge on any atom is -0.289 e. The summed E-state index contributed by atoms with van der Waals surface area (Å²) in [6.07, 6.45) is 0. The molecule has 0 amide bonds. The highest BCUT2D eigenvalue weighted by Gasteiger charge is 2.12. The largest absolute Gasteiger partial charge is 0.289 e. The SMILES string of the molecule is O=c1c2ccccc2sc2c(Cl)c(Sc3ccc(Br)cc3)ccc12. The Hall–Kier alpha value is -1.33. The molecule has 5 heteroatoms. The van der Waals surface area contributed by atoms with Crippen LogP contribution in [-0.2, 0) is 0 Å². The molecule has 1 heterocycles. The molecule has 0 aliphatic carbocycles. The van der Waals surface area contributed by atoms with Gasteiger partial charge in [-0.3, -0.25) is 4.79 Å². The summed E-state index contributed by atoms with van der Waals surface area (Å²) in [4.78, 5) is 14.7. The fourth-order valence-corrected chi connectivity index (χ4v) is 5.21. The third-order valence-corrected chi connectivity index (χ3v) is 7.11. The van der Waals surface area contributed by atoms with E-state index < -0.39 is 0 Å². The van der Waals surface area contributed by atoms with E-state index in [1.807, 2.05) is 60.7 Å². The first-order chi connectivity index (χ1) is 11.6. The molecule has 0 fully saturated rings. The minimum atomic E-state index is 0.0430. The topological polar surface area (TPSA) is 17.1 Å². The third-order valence-electron chi connectivity index (χ3n) is 3.69. The van der Waals surface area contributed by atoms with E-state index in [1.165, 1.54) is 0 Å². The fraction of sp³-hybridized carbons (Fsp3) is 0. The Bertz CT molecular complexity index is 1120. The molecule has 118 valence electrons. The van der Waals surface area contributed by atoms with Gasteiger partial charge >= 0.3 is 0 Å². The van der Waals surface area contributed by atoms with Crippen LogP contribution in [0.3, 0.4) is 0 Å². The van der Waals surface area contributed by atoms with Crippen molar-refractivity contribution in [2.24, 2.45) is 0 Å². The van der Waals surface area contributed by atoms with Gasteiger partial charge in [0.25, 0.3) is 0 Å². The van der Waals surface area contributed by atoms with Crippen LogP contribution in [0.15, 0.2) is 79.7 Å². The molecule has 3 aromatic carbocycles.